The molecule has 1 heterocycles. The fourth-order valence-corrected chi connectivity index (χ4v) is 2.59. The van der Waals surface area contributed by atoms with E-state index in [1.54, 1.807) is 23.3 Å². The molecule has 1 aliphatic rings. The molecular weight excluding hydrogens is 274 g/mol. The van der Waals surface area contributed by atoms with Gasteiger partial charge in [-0.25, -0.2) is 0 Å². The van der Waals surface area contributed by atoms with Crippen LogP contribution >= 0.6 is 11.3 Å². The number of rotatable bonds is 8. The maximum atomic E-state index is 11.7. The predicted molar refractivity (Wildman–Crippen MR) is 79.7 cm³/mol. The third kappa shape index (κ3) is 5.71. The Morgan fingerprint density at radius 2 is 2.10 bits per heavy atom. The molecule has 2 rings (SSSR count). The van der Waals surface area contributed by atoms with Crippen LogP contribution in [0.2, 0.25) is 0 Å². The second-order valence-electron chi connectivity index (χ2n) is 5.19. The second kappa shape index (κ2) is 7.40. The van der Waals surface area contributed by atoms with Gasteiger partial charge in [0, 0.05) is 17.5 Å². The van der Waals surface area contributed by atoms with Crippen molar-refractivity contribution in [3.8, 4) is 0 Å². The molecule has 0 saturated heterocycles. The second-order valence-corrected chi connectivity index (χ2v) is 6.23. The number of hydrogen-bond acceptors (Lipinski definition) is 4. The maximum absolute atomic E-state index is 11.7. The molecule has 2 amide bonds. The lowest BCUT2D eigenvalue weighted by Gasteiger charge is -2.15. The van der Waals surface area contributed by atoms with E-state index in [2.05, 4.69) is 16.7 Å². The lowest BCUT2D eigenvalue weighted by molar-refractivity contribution is -0.124. The topological polar surface area (TPSA) is 61.4 Å². The fraction of sp³-hybridized carbons (Fsp3) is 0.571. The fourth-order valence-electron chi connectivity index (χ4n) is 1.88. The van der Waals surface area contributed by atoms with Crippen LogP contribution in [-0.4, -0.2) is 49.4 Å². The molecule has 5 nitrogen and oxygen atoms in total. The quantitative estimate of drug-likeness (QED) is 0.739. The van der Waals surface area contributed by atoms with Crippen LogP contribution in [-0.2, 0) is 16.0 Å². The van der Waals surface area contributed by atoms with Gasteiger partial charge in [-0.1, -0.05) is 6.07 Å². The van der Waals surface area contributed by atoms with Crippen molar-refractivity contribution in [2.75, 3.05) is 26.7 Å². The third-order valence-electron chi connectivity index (χ3n) is 3.04. The molecule has 2 N–H and O–H groups in total. The van der Waals surface area contributed by atoms with E-state index in [4.69, 9.17) is 0 Å². The lowest BCUT2D eigenvalue weighted by Crippen LogP contribution is -2.41. The number of amides is 2. The minimum absolute atomic E-state index is 0.00128. The van der Waals surface area contributed by atoms with Crippen LogP contribution in [0.4, 0.5) is 0 Å². The number of carbonyl (C=O) groups is 2. The van der Waals surface area contributed by atoms with Crippen LogP contribution < -0.4 is 10.6 Å². The average Bonchev–Trinajstić information content (AvgIpc) is 3.02. The Bertz CT molecular complexity index is 443. The first-order valence-corrected chi connectivity index (χ1v) is 7.78. The molecule has 1 fully saturated rings. The van der Waals surface area contributed by atoms with Crippen LogP contribution in [0.5, 0.6) is 0 Å². The minimum atomic E-state index is -0.0386. The van der Waals surface area contributed by atoms with Gasteiger partial charge in [0.15, 0.2) is 0 Å². The van der Waals surface area contributed by atoms with Crippen molar-refractivity contribution in [3.05, 3.63) is 22.4 Å². The first kappa shape index (κ1) is 15.0. The van der Waals surface area contributed by atoms with E-state index in [1.165, 1.54) is 4.88 Å². The SMILES string of the molecule is CN(CC(=O)NCCc1cccs1)CC(=O)NC1CC1. The summed E-state index contributed by atoms with van der Waals surface area (Å²) < 4.78 is 0. The van der Waals surface area contributed by atoms with E-state index >= 15 is 0 Å². The van der Waals surface area contributed by atoms with Crippen LogP contribution in [0, 0.1) is 0 Å². The standard InChI is InChI=1S/C14H21N3O2S/c1-17(10-14(19)16-11-4-5-11)9-13(18)15-7-6-12-3-2-8-20-12/h2-3,8,11H,4-7,9-10H2,1H3,(H,15,18)(H,16,19). The van der Waals surface area contributed by atoms with Crippen molar-refractivity contribution in [2.24, 2.45) is 0 Å². The van der Waals surface area contributed by atoms with E-state index in [-0.39, 0.29) is 24.9 Å². The van der Waals surface area contributed by atoms with Gasteiger partial charge in [0.05, 0.1) is 13.1 Å². The summed E-state index contributed by atoms with van der Waals surface area (Å²) >= 11 is 1.69. The molecule has 0 spiro atoms. The molecule has 1 aliphatic carbocycles. The van der Waals surface area contributed by atoms with Gasteiger partial charge in [-0.15, -0.1) is 11.3 Å². The Balaban J connectivity index is 1.56. The summed E-state index contributed by atoms with van der Waals surface area (Å²) in [7, 11) is 1.78. The molecule has 20 heavy (non-hydrogen) atoms. The highest BCUT2D eigenvalue weighted by Crippen LogP contribution is 2.18. The van der Waals surface area contributed by atoms with Crippen LogP contribution in [0.25, 0.3) is 0 Å². The normalized spacial score (nSPS) is 14.3. The molecule has 6 heteroatoms. The van der Waals surface area contributed by atoms with Gasteiger partial charge in [0.25, 0.3) is 0 Å². The molecule has 0 atom stereocenters. The number of nitrogens with one attached hydrogen (secondary N) is 2. The Kier molecular flexibility index (Phi) is 5.55. The van der Waals surface area contributed by atoms with E-state index < -0.39 is 0 Å². The van der Waals surface area contributed by atoms with Gasteiger partial charge in [-0.3, -0.25) is 14.5 Å². The summed E-state index contributed by atoms with van der Waals surface area (Å²) in [6, 6.07) is 4.44. The zero-order valence-corrected chi connectivity index (χ0v) is 12.5. The molecule has 0 aliphatic heterocycles. The number of carbonyl (C=O) groups excluding carboxylic acids is 2. The molecule has 0 radical (unpaired) electrons. The zero-order chi connectivity index (χ0) is 14.4. The van der Waals surface area contributed by atoms with E-state index in [1.807, 2.05) is 11.4 Å². The first-order chi connectivity index (χ1) is 9.63. The van der Waals surface area contributed by atoms with Crippen molar-refractivity contribution in [3.63, 3.8) is 0 Å². The number of likely N-dealkylation sites (N-methyl/N-ethyl adjacent to an activating group) is 1. The highest BCUT2D eigenvalue weighted by Gasteiger charge is 2.23. The van der Waals surface area contributed by atoms with E-state index in [0.717, 1.165) is 19.3 Å². The molecule has 1 aromatic heterocycles. The molecule has 110 valence electrons. The average molecular weight is 295 g/mol. The molecule has 1 saturated carbocycles. The summed E-state index contributed by atoms with van der Waals surface area (Å²) in [5.41, 5.74) is 0. The molecule has 0 unspecified atom stereocenters. The van der Waals surface area contributed by atoms with Crippen molar-refractivity contribution in [2.45, 2.75) is 25.3 Å². The summed E-state index contributed by atoms with van der Waals surface area (Å²) in [6.45, 7) is 1.17. The third-order valence-corrected chi connectivity index (χ3v) is 3.98. The Morgan fingerprint density at radius 1 is 1.35 bits per heavy atom. The Hall–Kier alpha value is -1.40. The van der Waals surface area contributed by atoms with Gasteiger partial charge in [-0.05, 0) is 37.8 Å². The number of nitrogens with zero attached hydrogens (tertiary/aromatic N) is 1. The Morgan fingerprint density at radius 3 is 2.75 bits per heavy atom. The van der Waals surface area contributed by atoms with Gasteiger partial charge < -0.3 is 10.6 Å². The smallest absolute Gasteiger partial charge is 0.234 e. The summed E-state index contributed by atoms with van der Waals surface area (Å²) in [6.07, 6.45) is 3.02. The van der Waals surface area contributed by atoms with Gasteiger partial charge in [0.2, 0.25) is 11.8 Å². The van der Waals surface area contributed by atoms with Crippen LogP contribution in [0.3, 0.4) is 0 Å². The van der Waals surface area contributed by atoms with Crippen LogP contribution in [0.15, 0.2) is 17.5 Å². The molecule has 0 aromatic carbocycles. The highest BCUT2D eigenvalue weighted by atomic mass is 32.1. The molecule has 0 bridgehead atoms. The van der Waals surface area contributed by atoms with Crippen molar-refractivity contribution < 1.29 is 9.59 Å². The van der Waals surface area contributed by atoms with Gasteiger partial charge >= 0.3 is 0 Å². The maximum Gasteiger partial charge on any atom is 0.234 e. The van der Waals surface area contributed by atoms with Gasteiger partial charge in [0.1, 0.15) is 0 Å². The predicted octanol–water partition coefficient (Wildman–Crippen LogP) is 0.617. The first-order valence-electron chi connectivity index (χ1n) is 6.90. The Labute approximate surface area is 123 Å². The minimum Gasteiger partial charge on any atom is -0.355 e. The van der Waals surface area contributed by atoms with E-state index in [9.17, 15) is 9.59 Å². The zero-order valence-electron chi connectivity index (χ0n) is 11.7. The molecule has 1 aromatic rings. The van der Waals surface area contributed by atoms with Crippen molar-refractivity contribution in [1.82, 2.24) is 15.5 Å². The molecular formula is C14H21N3O2S. The monoisotopic (exact) mass is 295 g/mol. The summed E-state index contributed by atoms with van der Waals surface area (Å²) in [4.78, 5) is 26.3. The number of hydrogen-bond donors (Lipinski definition) is 2. The van der Waals surface area contributed by atoms with Crippen molar-refractivity contribution >= 4 is 23.2 Å². The van der Waals surface area contributed by atoms with Crippen molar-refractivity contribution in [1.29, 1.82) is 0 Å². The highest BCUT2D eigenvalue weighted by molar-refractivity contribution is 7.09. The summed E-state index contributed by atoms with van der Waals surface area (Å²) in [5.74, 6) is -0.0373. The van der Waals surface area contributed by atoms with Gasteiger partial charge in [-0.2, -0.15) is 0 Å². The lowest BCUT2D eigenvalue weighted by atomic mass is 10.3. The number of thiophene rings is 1. The largest absolute Gasteiger partial charge is 0.355 e. The van der Waals surface area contributed by atoms with E-state index in [0.29, 0.717) is 12.6 Å². The summed E-state index contributed by atoms with van der Waals surface area (Å²) in [5, 5.41) is 7.81. The van der Waals surface area contributed by atoms with Crippen LogP contribution in [0.1, 0.15) is 17.7 Å².